The number of benzene rings is 2. The Hall–Kier alpha value is -1.87. The van der Waals surface area contributed by atoms with E-state index in [0.29, 0.717) is 5.92 Å². The van der Waals surface area contributed by atoms with Gasteiger partial charge in [0.1, 0.15) is 5.82 Å². The lowest BCUT2D eigenvalue weighted by molar-refractivity contribution is 0.271. The van der Waals surface area contributed by atoms with Gasteiger partial charge in [-0.3, -0.25) is 0 Å². The standard InChI is InChI=1S/C22H29FN2/c1-5-24-10-12-25(13-11-24)22-15-21(17(4)14-20(22)16(2)3)18-6-8-19(23)9-7-18/h6-9,14-16H,5,10-13H2,1-4H3. The minimum Gasteiger partial charge on any atom is -0.369 e. The highest BCUT2D eigenvalue weighted by Gasteiger charge is 2.21. The Kier molecular flexibility index (Phi) is 5.43. The van der Waals surface area contributed by atoms with Crippen molar-refractivity contribution >= 4 is 5.69 Å². The summed E-state index contributed by atoms with van der Waals surface area (Å²) in [6.07, 6.45) is 0. The van der Waals surface area contributed by atoms with Crippen LogP contribution in [-0.2, 0) is 0 Å². The smallest absolute Gasteiger partial charge is 0.123 e. The van der Waals surface area contributed by atoms with E-state index in [4.69, 9.17) is 0 Å². The summed E-state index contributed by atoms with van der Waals surface area (Å²) in [5, 5.41) is 0. The van der Waals surface area contributed by atoms with Crippen molar-refractivity contribution in [1.82, 2.24) is 4.90 Å². The first kappa shape index (κ1) is 17.9. The summed E-state index contributed by atoms with van der Waals surface area (Å²) < 4.78 is 13.3. The van der Waals surface area contributed by atoms with E-state index in [2.05, 4.69) is 49.6 Å². The molecule has 2 aromatic carbocycles. The van der Waals surface area contributed by atoms with Gasteiger partial charge in [0, 0.05) is 31.9 Å². The van der Waals surface area contributed by atoms with Crippen molar-refractivity contribution in [2.75, 3.05) is 37.6 Å². The van der Waals surface area contributed by atoms with Gasteiger partial charge in [0.2, 0.25) is 0 Å². The Morgan fingerprint density at radius 2 is 1.64 bits per heavy atom. The molecule has 25 heavy (non-hydrogen) atoms. The average molecular weight is 340 g/mol. The molecule has 0 bridgehead atoms. The van der Waals surface area contributed by atoms with Gasteiger partial charge in [-0.15, -0.1) is 0 Å². The van der Waals surface area contributed by atoms with Crippen LogP contribution in [-0.4, -0.2) is 37.6 Å². The van der Waals surface area contributed by atoms with Gasteiger partial charge in [-0.1, -0.05) is 39.0 Å². The highest BCUT2D eigenvalue weighted by atomic mass is 19.1. The molecule has 0 N–H and O–H groups in total. The van der Waals surface area contributed by atoms with Gasteiger partial charge in [-0.25, -0.2) is 4.39 Å². The number of likely N-dealkylation sites (N-methyl/N-ethyl adjacent to an activating group) is 1. The lowest BCUT2D eigenvalue weighted by Gasteiger charge is -2.37. The van der Waals surface area contributed by atoms with E-state index in [1.54, 1.807) is 12.1 Å². The summed E-state index contributed by atoms with van der Waals surface area (Å²) in [6.45, 7) is 14.4. The Morgan fingerprint density at radius 3 is 2.20 bits per heavy atom. The molecule has 2 nitrogen and oxygen atoms in total. The normalized spacial score (nSPS) is 15.8. The minimum atomic E-state index is -0.184. The topological polar surface area (TPSA) is 6.48 Å². The fraction of sp³-hybridized carbons (Fsp3) is 0.455. The molecule has 0 saturated carbocycles. The van der Waals surface area contributed by atoms with Crippen molar-refractivity contribution in [1.29, 1.82) is 0 Å². The molecular formula is C22H29FN2. The molecule has 0 aliphatic carbocycles. The van der Waals surface area contributed by atoms with Crippen LogP contribution in [0, 0.1) is 12.7 Å². The fourth-order valence-corrected chi connectivity index (χ4v) is 3.70. The van der Waals surface area contributed by atoms with Crippen LogP contribution in [0.2, 0.25) is 0 Å². The van der Waals surface area contributed by atoms with Gasteiger partial charge in [-0.05, 0) is 59.8 Å². The van der Waals surface area contributed by atoms with Gasteiger partial charge >= 0.3 is 0 Å². The largest absolute Gasteiger partial charge is 0.369 e. The van der Waals surface area contributed by atoms with Crippen LogP contribution in [0.25, 0.3) is 11.1 Å². The molecule has 1 heterocycles. The Morgan fingerprint density at radius 1 is 1.00 bits per heavy atom. The second kappa shape index (κ2) is 7.57. The third-order valence-corrected chi connectivity index (χ3v) is 5.31. The van der Waals surface area contributed by atoms with Crippen molar-refractivity contribution < 1.29 is 4.39 Å². The molecule has 0 aromatic heterocycles. The third kappa shape index (κ3) is 3.87. The first-order valence-corrected chi connectivity index (χ1v) is 9.37. The summed E-state index contributed by atoms with van der Waals surface area (Å²) >= 11 is 0. The van der Waals surface area contributed by atoms with Crippen LogP contribution >= 0.6 is 0 Å². The molecule has 134 valence electrons. The summed E-state index contributed by atoms with van der Waals surface area (Å²) in [5.41, 5.74) is 6.30. The lowest BCUT2D eigenvalue weighted by Crippen LogP contribution is -2.46. The molecule has 0 amide bonds. The van der Waals surface area contributed by atoms with Gasteiger partial charge in [-0.2, -0.15) is 0 Å². The summed E-state index contributed by atoms with van der Waals surface area (Å²) in [5.74, 6) is 0.302. The molecule has 2 aromatic rings. The zero-order valence-corrected chi connectivity index (χ0v) is 15.8. The van der Waals surface area contributed by atoms with Crippen LogP contribution in [0.15, 0.2) is 36.4 Å². The van der Waals surface area contributed by atoms with E-state index >= 15 is 0 Å². The van der Waals surface area contributed by atoms with Crippen molar-refractivity contribution in [2.45, 2.75) is 33.6 Å². The minimum absolute atomic E-state index is 0.184. The number of halogens is 1. The number of anilines is 1. The van der Waals surface area contributed by atoms with E-state index < -0.39 is 0 Å². The SMILES string of the molecule is CCN1CCN(c2cc(-c3ccc(F)cc3)c(C)cc2C(C)C)CC1. The number of aryl methyl sites for hydroxylation is 1. The van der Waals surface area contributed by atoms with Crippen molar-refractivity contribution in [3.05, 3.63) is 53.3 Å². The Balaban J connectivity index is 2.00. The predicted octanol–water partition coefficient (Wildman–Crippen LogP) is 5.07. The molecule has 0 radical (unpaired) electrons. The molecule has 1 saturated heterocycles. The van der Waals surface area contributed by atoms with Crippen LogP contribution in [0.4, 0.5) is 10.1 Å². The van der Waals surface area contributed by atoms with Crippen molar-refractivity contribution in [3.8, 4) is 11.1 Å². The van der Waals surface area contributed by atoms with Crippen molar-refractivity contribution in [3.63, 3.8) is 0 Å². The van der Waals surface area contributed by atoms with E-state index in [9.17, 15) is 4.39 Å². The Bertz CT molecular complexity index is 714. The van der Waals surface area contributed by atoms with Gasteiger partial charge in [0.05, 0.1) is 0 Å². The average Bonchev–Trinajstić information content (AvgIpc) is 2.62. The second-order valence-corrected chi connectivity index (χ2v) is 7.31. The van der Waals surface area contributed by atoms with Crippen LogP contribution in [0.3, 0.4) is 0 Å². The van der Waals surface area contributed by atoms with E-state index in [1.165, 1.54) is 22.4 Å². The highest BCUT2D eigenvalue weighted by Crippen LogP contribution is 2.35. The second-order valence-electron chi connectivity index (χ2n) is 7.31. The molecule has 1 fully saturated rings. The molecule has 1 aliphatic rings. The number of hydrogen-bond acceptors (Lipinski definition) is 2. The van der Waals surface area contributed by atoms with Gasteiger partial charge < -0.3 is 9.80 Å². The molecular weight excluding hydrogens is 311 g/mol. The van der Waals surface area contributed by atoms with E-state index in [0.717, 1.165) is 38.3 Å². The number of hydrogen-bond donors (Lipinski definition) is 0. The molecule has 3 rings (SSSR count). The fourth-order valence-electron chi connectivity index (χ4n) is 3.70. The summed E-state index contributed by atoms with van der Waals surface area (Å²) in [7, 11) is 0. The quantitative estimate of drug-likeness (QED) is 0.767. The number of nitrogens with zero attached hydrogens (tertiary/aromatic N) is 2. The molecule has 3 heteroatoms. The van der Waals surface area contributed by atoms with Gasteiger partial charge in [0.15, 0.2) is 0 Å². The first-order valence-electron chi connectivity index (χ1n) is 9.37. The monoisotopic (exact) mass is 340 g/mol. The third-order valence-electron chi connectivity index (χ3n) is 5.31. The zero-order chi connectivity index (χ0) is 18.0. The maximum Gasteiger partial charge on any atom is 0.123 e. The van der Waals surface area contributed by atoms with E-state index in [1.807, 2.05) is 12.1 Å². The number of piperazine rings is 1. The molecule has 0 atom stereocenters. The number of rotatable bonds is 4. The highest BCUT2D eigenvalue weighted by molar-refractivity contribution is 5.74. The van der Waals surface area contributed by atoms with Gasteiger partial charge in [0.25, 0.3) is 0 Å². The van der Waals surface area contributed by atoms with E-state index in [-0.39, 0.29) is 5.82 Å². The Labute approximate surface area is 151 Å². The van der Waals surface area contributed by atoms with Crippen LogP contribution < -0.4 is 4.90 Å². The zero-order valence-electron chi connectivity index (χ0n) is 15.8. The van der Waals surface area contributed by atoms with Crippen LogP contribution in [0.1, 0.15) is 37.8 Å². The van der Waals surface area contributed by atoms with Crippen LogP contribution in [0.5, 0.6) is 0 Å². The molecule has 1 aliphatic heterocycles. The maximum atomic E-state index is 13.3. The molecule has 0 spiro atoms. The summed E-state index contributed by atoms with van der Waals surface area (Å²) in [6, 6.07) is 11.5. The maximum absolute atomic E-state index is 13.3. The van der Waals surface area contributed by atoms with Crippen molar-refractivity contribution in [2.24, 2.45) is 0 Å². The molecule has 0 unspecified atom stereocenters. The first-order chi connectivity index (χ1) is 12.0. The summed E-state index contributed by atoms with van der Waals surface area (Å²) in [4.78, 5) is 5.02. The predicted molar refractivity (Wildman–Crippen MR) is 105 cm³/mol. The lowest BCUT2D eigenvalue weighted by atomic mass is 9.92.